The van der Waals surface area contributed by atoms with Crippen LogP contribution >= 0.6 is 31.9 Å². The van der Waals surface area contributed by atoms with Gasteiger partial charge in [0.2, 0.25) is 5.91 Å². The summed E-state index contributed by atoms with van der Waals surface area (Å²) in [5.41, 5.74) is 1.07. The predicted molar refractivity (Wildman–Crippen MR) is 75.2 cm³/mol. The number of nitro groups is 1. The lowest BCUT2D eigenvalue weighted by Crippen LogP contribution is -2.26. The van der Waals surface area contributed by atoms with Crippen molar-refractivity contribution in [3.05, 3.63) is 32.3 Å². The quantitative estimate of drug-likeness (QED) is 0.451. The number of alkyl halides is 1. The van der Waals surface area contributed by atoms with Gasteiger partial charge in [-0.2, -0.15) is 0 Å². The molecule has 1 aromatic carbocycles. The molecule has 1 amide bonds. The number of amides is 1. The van der Waals surface area contributed by atoms with Crippen LogP contribution < -0.4 is 4.90 Å². The van der Waals surface area contributed by atoms with Crippen molar-refractivity contribution in [3.63, 3.8) is 0 Å². The average molecular weight is 378 g/mol. The van der Waals surface area contributed by atoms with E-state index >= 15 is 0 Å². The molecule has 18 heavy (non-hydrogen) atoms. The number of halogens is 2. The SMILES string of the molecule is Cc1cc(Br)cc([N+](=O)[O-])c1N1CC(Br)CC1=O. The Hall–Kier alpha value is -0.950. The van der Waals surface area contributed by atoms with Crippen LogP contribution in [0.1, 0.15) is 12.0 Å². The van der Waals surface area contributed by atoms with E-state index in [-0.39, 0.29) is 16.4 Å². The second-order valence-corrected chi connectivity index (χ2v) is 6.36. The van der Waals surface area contributed by atoms with Crippen molar-refractivity contribution in [2.24, 2.45) is 0 Å². The van der Waals surface area contributed by atoms with E-state index in [2.05, 4.69) is 31.9 Å². The van der Waals surface area contributed by atoms with Gasteiger partial charge in [-0.1, -0.05) is 31.9 Å². The van der Waals surface area contributed by atoms with Crippen molar-refractivity contribution in [3.8, 4) is 0 Å². The molecule has 2 rings (SSSR count). The summed E-state index contributed by atoms with van der Waals surface area (Å²) >= 11 is 6.61. The van der Waals surface area contributed by atoms with Gasteiger partial charge in [0, 0.05) is 28.3 Å². The summed E-state index contributed by atoms with van der Waals surface area (Å²) in [4.78, 5) is 24.0. The Labute approximate surface area is 121 Å². The number of rotatable bonds is 2. The Bertz CT molecular complexity index is 533. The molecule has 96 valence electrons. The molecule has 1 atom stereocenters. The Morgan fingerprint density at radius 3 is 2.67 bits per heavy atom. The van der Waals surface area contributed by atoms with E-state index in [1.165, 1.54) is 11.0 Å². The molecule has 1 unspecified atom stereocenters. The third-order valence-electron chi connectivity index (χ3n) is 2.79. The molecule has 0 N–H and O–H groups in total. The molecule has 7 heteroatoms. The maximum Gasteiger partial charge on any atom is 0.294 e. The highest BCUT2D eigenvalue weighted by atomic mass is 79.9. The highest BCUT2D eigenvalue weighted by Gasteiger charge is 2.34. The molecule has 1 saturated heterocycles. The monoisotopic (exact) mass is 376 g/mol. The van der Waals surface area contributed by atoms with Crippen molar-refractivity contribution < 1.29 is 9.72 Å². The zero-order valence-corrected chi connectivity index (χ0v) is 12.7. The van der Waals surface area contributed by atoms with Crippen LogP contribution in [0.25, 0.3) is 0 Å². The molecule has 1 fully saturated rings. The molecule has 0 aromatic heterocycles. The number of benzene rings is 1. The van der Waals surface area contributed by atoms with Crippen LogP contribution in [0.5, 0.6) is 0 Å². The third kappa shape index (κ3) is 2.42. The minimum atomic E-state index is -0.456. The molecule has 1 aliphatic rings. The summed E-state index contributed by atoms with van der Waals surface area (Å²) in [6.45, 7) is 2.23. The van der Waals surface area contributed by atoms with Crippen molar-refractivity contribution in [1.82, 2.24) is 0 Å². The number of nitro benzene ring substituents is 1. The van der Waals surface area contributed by atoms with Gasteiger partial charge in [-0.05, 0) is 18.6 Å². The highest BCUT2D eigenvalue weighted by molar-refractivity contribution is 9.10. The van der Waals surface area contributed by atoms with Crippen LogP contribution in [0, 0.1) is 17.0 Å². The van der Waals surface area contributed by atoms with Gasteiger partial charge >= 0.3 is 0 Å². The topological polar surface area (TPSA) is 63.5 Å². The minimum absolute atomic E-state index is 0.0446. The normalized spacial score (nSPS) is 19.4. The Balaban J connectivity index is 2.56. The van der Waals surface area contributed by atoms with Gasteiger partial charge in [-0.15, -0.1) is 0 Å². The van der Waals surface area contributed by atoms with E-state index < -0.39 is 4.92 Å². The summed E-state index contributed by atoms with van der Waals surface area (Å²) < 4.78 is 0.637. The fourth-order valence-corrected chi connectivity index (χ4v) is 3.22. The molecule has 1 aliphatic heterocycles. The lowest BCUT2D eigenvalue weighted by Gasteiger charge is -2.18. The second kappa shape index (κ2) is 4.97. The van der Waals surface area contributed by atoms with Crippen LogP contribution in [0.3, 0.4) is 0 Å². The number of hydrogen-bond acceptors (Lipinski definition) is 3. The first-order chi connectivity index (χ1) is 8.40. The standard InChI is InChI=1S/C11H10Br2N2O3/c1-6-2-7(12)3-9(15(17)18)11(6)14-5-8(13)4-10(14)16/h2-3,8H,4-5H2,1H3. The van der Waals surface area contributed by atoms with Crippen LogP contribution in [0.2, 0.25) is 0 Å². The zero-order valence-electron chi connectivity index (χ0n) is 9.52. The van der Waals surface area contributed by atoms with E-state index in [9.17, 15) is 14.9 Å². The first-order valence-corrected chi connectivity index (χ1v) is 7.00. The number of anilines is 1. The lowest BCUT2D eigenvalue weighted by atomic mass is 10.1. The predicted octanol–water partition coefficient (Wildman–Crippen LogP) is 3.17. The molecule has 0 bridgehead atoms. The van der Waals surface area contributed by atoms with Crippen molar-refractivity contribution >= 4 is 49.1 Å². The smallest absolute Gasteiger partial charge is 0.294 e. The summed E-state index contributed by atoms with van der Waals surface area (Å²) in [5, 5.41) is 11.1. The van der Waals surface area contributed by atoms with Gasteiger partial charge in [0.25, 0.3) is 5.69 Å². The maximum absolute atomic E-state index is 11.9. The molecular weight excluding hydrogens is 368 g/mol. The van der Waals surface area contributed by atoms with Gasteiger partial charge in [-0.25, -0.2) is 0 Å². The Morgan fingerprint density at radius 2 is 2.17 bits per heavy atom. The number of nitrogens with zero attached hydrogens (tertiary/aromatic N) is 2. The molecule has 1 aromatic rings. The molecule has 0 aliphatic carbocycles. The molecular formula is C11H10Br2N2O3. The maximum atomic E-state index is 11.9. The molecule has 5 nitrogen and oxygen atoms in total. The average Bonchev–Trinajstić information content (AvgIpc) is 2.56. The van der Waals surface area contributed by atoms with Gasteiger partial charge in [-0.3, -0.25) is 14.9 Å². The van der Waals surface area contributed by atoms with Crippen LogP contribution in [0.4, 0.5) is 11.4 Å². The minimum Gasteiger partial charge on any atom is -0.305 e. The second-order valence-electron chi connectivity index (χ2n) is 4.15. The van der Waals surface area contributed by atoms with Gasteiger partial charge in [0.05, 0.1) is 4.92 Å². The van der Waals surface area contributed by atoms with Crippen LogP contribution in [0.15, 0.2) is 16.6 Å². The molecule has 0 saturated carbocycles. The Morgan fingerprint density at radius 1 is 1.50 bits per heavy atom. The van der Waals surface area contributed by atoms with E-state index in [0.717, 1.165) is 0 Å². The molecule has 0 radical (unpaired) electrons. The largest absolute Gasteiger partial charge is 0.305 e. The fraction of sp³-hybridized carbons (Fsp3) is 0.364. The number of carbonyl (C=O) groups is 1. The molecule has 0 spiro atoms. The van der Waals surface area contributed by atoms with E-state index in [4.69, 9.17) is 0 Å². The fourth-order valence-electron chi connectivity index (χ4n) is 2.09. The van der Waals surface area contributed by atoms with Crippen LogP contribution in [-0.2, 0) is 4.79 Å². The highest BCUT2D eigenvalue weighted by Crippen LogP contribution is 2.37. The lowest BCUT2D eigenvalue weighted by molar-refractivity contribution is -0.384. The van der Waals surface area contributed by atoms with Gasteiger partial charge < -0.3 is 4.90 Å². The zero-order chi connectivity index (χ0) is 13.4. The third-order valence-corrected chi connectivity index (χ3v) is 3.86. The summed E-state index contributed by atoms with van der Waals surface area (Å²) in [6, 6.07) is 3.20. The van der Waals surface area contributed by atoms with Crippen molar-refractivity contribution in [2.45, 2.75) is 18.2 Å². The van der Waals surface area contributed by atoms with Crippen LogP contribution in [-0.4, -0.2) is 22.2 Å². The van der Waals surface area contributed by atoms with Crippen molar-refractivity contribution in [1.29, 1.82) is 0 Å². The number of carbonyl (C=O) groups excluding carboxylic acids is 1. The Kier molecular flexibility index (Phi) is 3.72. The van der Waals surface area contributed by atoms with Crippen molar-refractivity contribution in [2.75, 3.05) is 11.4 Å². The van der Waals surface area contributed by atoms with E-state index in [1.807, 2.05) is 0 Å². The first kappa shape index (κ1) is 13.5. The summed E-state index contributed by atoms with van der Waals surface area (Å²) in [7, 11) is 0. The summed E-state index contributed by atoms with van der Waals surface area (Å²) in [5.74, 6) is -0.0922. The van der Waals surface area contributed by atoms with Gasteiger partial charge in [0.15, 0.2) is 0 Å². The first-order valence-electron chi connectivity index (χ1n) is 5.29. The number of aryl methyl sites for hydroxylation is 1. The van der Waals surface area contributed by atoms with E-state index in [0.29, 0.717) is 28.7 Å². The summed E-state index contributed by atoms with van der Waals surface area (Å²) in [6.07, 6.45) is 0.368. The number of hydrogen-bond donors (Lipinski definition) is 0. The van der Waals surface area contributed by atoms with Gasteiger partial charge in [0.1, 0.15) is 5.69 Å². The van der Waals surface area contributed by atoms with E-state index in [1.54, 1.807) is 13.0 Å². The molecule has 1 heterocycles.